The number of ether oxygens (including phenoxy) is 1. The summed E-state index contributed by atoms with van der Waals surface area (Å²) in [6.45, 7) is 7.10. The van der Waals surface area contributed by atoms with Gasteiger partial charge in [0, 0.05) is 17.6 Å². The maximum Gasteiger partial charge on any atom is 0.174 e. The van der Waals surface area contributed by atoms with Crippen LogP contribution in [-0.4, -0.2) is 10.6 Å². The van der Waals surface area contributed by atoms with E-state index < -0.39 is 17.2 Å². The van der Waals surface area contributed by atoms with Crippen LogP contribution in [0.5, 0.6) is 5.75 Å². The molecule has 2 nitrogen and oxygen atoms in total. The van der Waals surface area contributed by atoms with Gasteiger partial charge in [-0.05, 0) is 33.3 Å². The van der Waals surface area contributed by atoms with Gasteiger partial charge in [-0.25, -0.2) is 8.78 Å². The van der Waals surface area contributed by atoms with Gasteiger partial charge in [0.05, 0.1) is 5.52 Å². The van der Waals surface area contributed by atoms with Gasteiger partial charge in [0.1, 0.15) is 5.60 Å². The van der Waals surface area contributed by atoms with Gasteiger partial charge in [0.2, 0.25) is 0 Å². The van der Waals surface area contributed by atoms with Crippen LogP contribution in [0.15, 0.2) is 12.3 Å². The van der Waals surface area contributed by atoms with E-state index in [4.69, 9.17) is 4.74 Å². The topological polar surface area (TPSA) is 25.0 Å². The maximum atomic E-state index is 14.2. The lowest BCUT2D eigenvalue weighted by atomic mass is 10.1. The van der Waals surface area contributed by atoms with Crippen LogP contribution < -0.4 is 4.74 Å². The standard InChI is InChI=1S/C13H15F2NO/c1-7-6-16-12-8(14)5-9(11(15)10(7)12)17-13(2,3)4/h5-6,16H,1-4H3. The molecule has 0 aliphatic heterocycles. The molecule has 0 bridgehead atoms. The van der Waals surface area contributed by atoms with Crippen LogP contribution in [0.25, 0.3) is 10.9 Å². The van der Waals surface area contributed by atoms with Crippen molar-refractivity contribution in [3.05, 3.63) is 29.5 Å². The lowest BCUT2D eigenvalue weighted by Crippen LogP contribution is -2.23. The Morgan fingerprint density at radius 2 is 1.88 bits per heavy atom. The number of hydrogen-bond acceptors (Lipinski definition) is 1. The number of hydrogen-bond donors (Lipinski definition) is 1. The number of halogens is 2. The molecule has 92 valence electrons. The zero-order chi connectivity index (χ0) is 12.8. The molecular formula is C13H15F2NO. The van der Waals surface area contributed by atoms with Gasteiger partial charge >= 0.3 is 0 Å². The van der Waals surface area contributed by atoms with Gasteiger partial charge in [0.25, 0.3) is 0 Å². The first-order valence-electron chi connectivity index (χ1n) is 5.44. The first kappa shape index (κ1) is 11.9. The first-order chi connectivity index (χ1) is 7.79. The lowest BCUT2D eigenvalue weighted by molar-refractivity contribution is 0.124. The van der Waals surface area contributed by atoms with Crippen molar-refractivity contribution in [2.75, 3.05) is 0 Å². The molecule has 0 spiro atoms. The van der Waals surface area contributed by atoms with Gasteiger partial charge in [0.15, 0.2) is 17.4 Å². The Morgan fingerprint density at radius 1 is 1.24 bits per heavy atom. The number of H-pyrrole nitrogens is 1. The number of aryl methyl sites for hydroxylation is 1. The van der Waals surface area contributed by atoms with Crippen molar-refractivity contribution in [2.45, 2.75) is 33.3 Å². The van der Waals surface area contributed by atoms with E-state index in [0.29, 0.717) is 5.56 Å². The van der Waals surface area contributed by atoms with Gasteiger partial charge < -0.3 is 9.72 Å². The van der Waals surface area contributed by atoms with Crippen molar-refractivity contribution in [1.82, 2.24) is 4.98 Å². The van der Waals surface area contributed by atoms with Gasteiger partial charge in [-0.15, -0.1) is 0 Å². The Labute approximate surface area is 98.6 Å². The summed E-state index contributed by atoms with van der Waals surface area (Å²) in [5.41, 5.74) is 0.280. The normalized spacial score (nSPS) is 12.1. The molecule has 2 rings (SSSR count). The third kappa shape index (κ3) is 2.12. The van der Waals surface area contributed by atoms with E-state index in [0.717, 1.165) is 6.07 Å². The summed E-state index contributed by atoms with van der Waals surface area (Å²) < 4.78 is 33.3. The molecule has 4 heteroatoms. The monoisotopic (exact) mass is 239 g/mol. The third-order valence-corrected chi connectivity index (χ3v) is 2.43. The average Bonchev–Trinajstić information content (AvgIpc) is 2.55. The Kier molecular flexibility index (Phi) is 2.60. The van der Waals surface area contributed by atoms with Crippen LogP contribution in [0.2, 0.25) is 0 Å². The molecule has 1 aromatic heterocycles. The van der Waals surface area contributed by atoms with E-state index in [9.17, 15) is 8.78 Å². The Morgan fingerprint density at radius 3 is 2.47 bits per heavy atom. The van der Waals surface area contributed by atoms with Crippen LogP contribution in [0.3, 0.4) is 0 Å². The molecule has 0 saturated heterocycles. The zero-order valence-corrected chi connectivity index (χ0v) is 10.3. The highest BCUT2D eigenvalue weighted by Crippen LogP contribution is 2.32. The summed E-state index contributed by atoms with van der Waals surface area (Å²) in [4.78, 5) is 2.72. The third-order valence-electron chi connectivity index (χ3n) is 2.43. The number of fused-ring (bicyclic) bond motifs is 1. The first-order valence-corrected chi connectivity index (χ1v) is 5.44. The minimum absolute atomic E-state index is 0.0507. The van der Waals surface area contributed by atoms with Crippen LogP contribution in [0.4, 0.5) is 8.78 Å². The van der Waals surface area contributed by atoms with Crippen LogP contribution in [0.1, 0.15) is 26.3 Å². The predicted molar refractivity (Wildman–Crippen MR) is 63.3 cm³/mol. The summed E-state index contributed by atoms with van der Waals surface area (Å²) in [6.07, 6.45) is 1.58. The Balaban J connectivity index is 2.66. The molecule has 17 heavy (non-hydrogen) atoms. The molecule has 1 aromatic carbocycles. The molecule has 0 amide bonds. The molecule has 0 fully saturated rings. The van der Waals surface area contributed by atoms with Crippen molar-refractivity contribution in [1.29, 1.82) is 0 Å². The Hall–Kier alpha value is -1.58. The second-order valence-corrected chi connectivity index (χ2v) is 5.11. The van der Waals surface area contributed by atoms with Crippen molar-refractivity contribution in [2.24, 2.45) is 0 Å². The van der Waals surface area contributed by atoms with Gasteiger partial charge in [-0.2, -0.15) is 0 Å². The molecular weight excluding hydrogens is 224 g/mol. The van der Waals surface area contributed by atoms with E-state index in [2.05, 4.69) is 4.98 Å². The van der Waals surface area contributed by atoms with E-state index >= 15 is 0 Å². The maximum absolute atomic E-state index is 14.2. The summed E-state index contributed by atoms with van der Waals surface area (Å²) in [5.74, 6) is -1.07. The number of benzene rings is 1. The Bertz CT molecular complexity index is 567. The predicted octanol–water partition coefficient (Wildman–Crippen LogP) is 3.93. The second kappa shape index (κ2) is 3.72. The van der Waals surface area contributed by atoms with Gasteiger partial charge in [-0.3, -0.25) is 0 Å². The minimum Gasteiger partial charge on any atom is -0.485 e. The van der Waals surface area contributed by atoms with Crippen LogP contribution in [0, 0.1) is 18.6 Å². The molecule has 0 aliphatic rings. The smallest absolute Gasteiger partial charge is 0.174 e. The highest BCUT2D eigenvalue weighted by Gasteiger charge is 2.20. The van der Waals surface area contributed by atoms with E-state index in [1.165, 1.54) is 0 Å². The molecule has 0 atom stereocenters. The second-order valence-electron chi connectivity index (χ2n) is 5.11. The highest BCUT2D eigenvalue weighted by molar-refractivity contribution is 5.85. The summed E-state index contributed by atoms with van der Waals surface area (Å²) in [6, 6.07) is 1.08. The fourth-order valence-corrected chi connectivity index (χ4v) is 1.77. The largest absolute Gasteiger partial charge is 0.485 e. The molecule has 1 heterocycles. The van der Waals surface area contributed by atoms with E-state index in [-0.39, 0.29) is 16.7 Å². The summed E-state index contributed by atoms with van der Waals surface area (Å²) >= 11 is 0. The molecule has 0 unspecified atom stereocenters. The lowest BCUT2D eigenvalue weighted by Gasteiger charge is -2.21. The quantitative estimate of drug-likeness (QED) is 0.801. The SMILES string of the molecule is Cc1c[nH]c2c(F)cc(OC(C)(C)C)c(F)c12. The van der Waals surface area contributed by atoms with E-state index in [1.54, 1.807) is 33.9 Å². The molecule has 1 N–H and O–H groups in total. The molecule has 2 aromatic rings. The van der Waals surface area contributed by atoms with Crippen molar-refractivity contribution in [3.8, 4) is 5.75 Å². The summed E-state index contributed by atoms with van der Waals surface area (Å²) in [5, 5.41) is 0.254. The van der Waals surface area contributed by atoms with Crippen LogP contribution in [-0.2, 0) is 0 Å². The van der Waals surface area contributed by atoms with Crippen molar-refractivity contribution >= 4 is 10.9 Å². The van der Waals surface area contributed by atoms with E-state index in [1.807, 2.05) is 0 Å². The highest BCUT2D eigenvalue weighted by atomic mass is 19.1. The molecule has 0 saturated carbocycles. The minimum atomic E-state index is -0.564. The van der Waals surface area contributed by atoms with Crippen molar-refractivity contribution in [3.63, 3.8) is 0 Å². The van der Waals surface area contributed by atoms with Crippen LogP contribution >= 0.6 is 0 Å². The molecule has 0 aliphatic carbocycles. The van der Waals surface area contributed by atoms with Crippen molar-refractivity contribution < 1.29 is 13.5 Å². The zero-order valence-electron chi connectivity index (χ0n) is 10.3. The van der Waals surface area contributed by atoms with Gasteiger partial charge in [-0.1, -0.05) is 0 Å². The summed E-state index contributed by atoms with van der Waals surface area (Å²) in [7, 11) is 0. The number of rotatable bonds is 1. The fourth-order valence-electron chi connectivity index (χ4n) is 1.77. The number of aromatic nitrogens is 1. The number of nitrogens with one attached hydrogen (secondary N) is 1. The fraction of sp³-hybridized carbons (Fsp3) is 0.385. The molecule has 0 radical (unpaired) electrons. The average molecular weight is 239 g/mol. The number of aromatic amines is 1.